The number of carbonyl (C=O) groups is 1. The molecule has 0 unspecified atom stereocenters. The lowest BCUT2D eigenvalue weighted by atomic mass is 10.1. The molecular weight excluding hydrogens is 308 g/mol. The molecular formula is C18H28N2O4. The van der Waals surface area contributed by atoms with Crippen LogP contribution in [0, 0.1) is 10.1 Å². The van der Waals surface area contributed by atoms with Crippen molar-refractivity contribution in [3.05, 3.63) is 34.4 Å². The van der Waals surface area contributed by atoms with Crippen LogP contribution in [0.25, 0.3) is 0 Å². The molecule has 0 aliphatic carbocycles. The average molecular weight is 336 g/mol. The number of unbranched alkanes of at least 4 members (excludes halogenated alkanes) is 8. The zero-order valence-electron chi connectivity index (χ0n) is 14.5. The predicted molar refractivity (Wildman–Crippen MR) is 95.3 cm³/mol. The minimum Gasteiger partial charge on any atom is -0.449 e. The van der Waals surface area contributed by atoms with Crippen molar-refractivity contribution >= 4 is 17.5 Å². The predicted octanol–water partition coefficient (Wildman–Crippen LogP) is 5.67. The number of amides is 1. The summed E-state index contributed by atoms with van der Waals surface area (Å²) in [5, 5.41) is 13.1. The van der Waals surface area contributed by atoms with Gasteiger partial charge in [-0.1, -0.05) is 58.3 Å². The van der Waals surface area contributed by atoms with Crippen LogP contribution in [0.2, 0.25) is 0 Å². The van der Waals surface area contributed by atoms with E-state index in [9.17, 15) is 14.9 Å². The molecule has 0 bridgehead atoms. The molecule has 1 rings (SSSR count). The molecule has 6 heteroatoms. The van der Waals surface area contributed by atoms with E-state index in [1.165, 1.54) is 69.2 Å². The van der Waals surface area contributed by atoms with Gasteiger partial charge in [-0.05, 0) is 18.6 Å². The second-order valence-corrected chi connectivity index (χ2v) is 5.89. The largest absolute Gasteiger partial charge is 0.449 e. The number of hydrogen-bond acceptors (Lipinski definition) is 4. The molecule has 6 nitrogen and oxygen atoms in total. The van der Waals surface area contributed by atoms with E-state index in [1.807, 2.05) is 0 Å². The van der Waals surface area contributed by atoms with Crippen LogP contribution in [-0.4, -0.2) is 17.6 Å². The Morgan fingerprint density at radius 1 is 1.00 bits per heavy atom. The Balaban J connectivity index is 2.03. The van der Waals surface area contributed by atoms with Crippen LogP contribution in [-0.2, 0) is 4.74 Å². The number of anilines is 1. The maximum absolute atomic E-state index is 11.6. The number of hydrogen-bond donors (Lipinski definition) is 1. The van der Waals surface area contributed by atoms with Crippen LogP contribution in [0.4, 0.5) is 16.2 Å². The van der Waals surface area contributed by atoms with Crippen LogP contribution in [0.5, 0.6) is 0 Å². The highest BCUT2D eigenvalue weighted by molar-refractivity contribution is 5.84. The van der Waals surface area contributed by atoms with Crippen molar-refractivity contribution in [2.75, 3.05) is 11.9 Å². The molecule has 0 atom stereocenters. The Hall–Kier alpha value is -2.11. The SMILES string of the molecule is CCCCCCCCCCCOC(=O)Nc1ccc([N+](=O)[O-])cc1. The molecule has 1 aromatic rings. The Morgan fingerprint density at radius 3 is 2.08 bits per heavy atom. The van der Waals surface area contributed by atoms with Crippen molar-refractivity contribution in [2.45, 2.75) is 64.7 Å². The van der Waals surface area contributed by atoms with E-state index >= 15 is 0 Å². The molecule has 0 aliphatic rings. The molecule has 0 aromatic heterocycles. The summed E-state index contributed by atoms with van der Waals surface area (Å²) in [4.78, 5) is 21.7. The highest BCUT2D eigenvalue weighted by atomic mass is 16.6. The quantitative estimate of drug-likeness (QED) is 0.303. The van der Waals surface area contributed by atoms with Crippen molar-refractivity contribution in [1.29, 1.82) is 0 Å². The summed E-state index contributed by atoms with van der Waals surface area (Å²) in [7, 11) is 0. The lowest BCUT2D eigenvalue weighted by molar-refractivity contribution is -0.384. The van der Waals surface area contributed by atoms with Crippen LogP contribution >= 0.6 is 0 Å². The zero-order chi connectivity index (χ0) is 17.6. The molecule has 1 N–H and O–H groups in total. The number of nitrogens with one attached hydrogen (secondary N) is 1. The Bertz CT molecular complexity index is 488. The summed E-state index contributed by atoms with van der Waals surface area (Å²) in [5.74, 6) is 0. The van der Waals surface area contributed by atoms with E-state index < -0.39 is 11.0 Å². The topological polar surface area (TPSA) is 81.5 Å². The summed E-state index contributed by atoms with van der Waals surface area (Å²) < 4.78 is 5.10. The monoisotopic (exact) mass is 336 g/mol. The van der Waals surface area contributed by atoms with Gasteiger partial charge in [0.05, 0.1) is 11.5 Å². The number of rotatable bonds is 12. The fourth-order valence-corrected chi connectivity index (χ4v) is 2.40. The smallest absolute Gasteiger partial charge is 0.411 e. The molecule has 0 saturated heterocycles. The second kappa shape index (κ2) is 12.3. The van der Waals surface area contributed by atoms with Crippen LogP contribution < -0.4 is 5.32 Å². The number of benzene rings is 1. The first-order chi connectivity index (χ1) is 11.6. The van der Waals surface area contributed by atoms with E-state index in [4.69, 9.17) is 4.74 Å². The first kappa shape index (κ1) is 19.9. The van der Waals surface area contributed by atoms with Gasteiger partial charge in [-0.3, -0.25) is 15.4 Å². The van der Waals surface area contributed by atoms with Crippen molar-refractivity contribution in [1.82, 2.24) is 0 Å². The minimum absolute atomic E-state index is 0.0105. The van der Waals surface area contributed by atoms with Crippen molar-refractivity contribution in [2.24, 2.45) is 0 Å². The van der Waals surface area contributed by atoms with Crippen molar-refractivity contribution in [3.8, 4) is 0 Å². The molecule has 134 valence electrons. The molecule has 0 radical (unpaired) electrons. The fraction of sp³-hybridized carbons (Fsp3) is 0.611. The molecule has 0 heterocycles. The van der Waals surface area contributed by atoms with E-state index in [0.717, 1.165) is 12.8 Å². The Morgan fingerprint density at radius 2 is 1.54 bits per heavy atom. The fourth-order valence-electron chi connectivity index (χ4n) is 2.40. The molecule has 0 aliphatic heterocycles. The number of non-ortho nitro benzene ring substituents is 1. The van der Waals surface area contributed by atoms with Crippen LogP contribution in [0.15, 0.2) is 24.3 Å². The third kappa shape index (κ3) is 9.12. The average Bonchev–Trinajstić information content (AvgIpc) is 2.57. The standard InChI is InChI=1S/C18H28N2O4/c1-2-3-4-5-6-7-8-9-10-15-24-18(21)19-16-11-13-17(14-12-16)20(22)23/h11-14H,2-10,15H2,1H3,(H,19,21). The third-order valence-electron chi connectivity index (χ3n) is 3.81. The van der Waals surface area contributed by atoms with Gasteiger partial charge in [0.15, 0.2) is 0 Å². The second-order valence-electron chi connectivity index (χ2n) is 5.89. The first-order valence-electron chi connectivity index (χ1n) is 8.81. The molecule has 1 aromatic carbocycles. The van der Waals surface area contributed by atoms with E-state index in [1.54, 1.807) is 0 Å². The van der Waals surface area contributed by atoms with Gasteiger partial charge < -0.3 is 4.74 Å². The minimum atomic E-state index is -0.525. The molecule has 1 amide bonds. The van der Waals surface area contributed by atoms with E-state index in [2.05, 4.69) is 12.2 Å². The number of nitro benzene ring substituents is 1. The van der Waals surface area contributed by atoms with Gasteiger partial charge in [0.25, 0.3) is 5.69 Å². The van der Waals surface area contributed by atoms with E-state index in [-0.39, 0.29) is 5.69 Å². The zero-order valence-corrected chi connectivity index (χ0v) is 14.5. The summed E-state index contributed by atoms with van der Waals surface area (Å²) in [6.45, 7) is 2.62. The summed E-state index contributed by atoms with van der Waals surface area (Å²) in [6, 6.07) is 5.65. The van der Waals surface area contributed by atoms with Gasteiger partial charge in [-0.2, -0.15) is 0 Å². The normalized spacial score (nSPS) is 10.4. The summed E-state index contributed by atoms with van der Waals surface area (Å²) in [6.07, 6.45) is 10.4. The molecule has 0 saturated carbocycles. The molecule has 0 spiro atoms. The van der Waals surface area contributed by atoms with Gasteiger partial charge in [-0.15, -0.1) is 0 Å². The maximum Gasteiger partial charge on any atom is 0.411 e. The summed E-state index contributed by atoms with van der Waals surface area (Å²) >= 11 is 0. The van der Waals surface area contributed by atoms with E-state index in [0.29, 0.717) is 12.3 Å². The lowest BCUT2D eigenvalue weighted by Crippen LogP contribution is -2.14. The van der Waals surface area contributed by atoms with Crippen LogP contribution in [0.3, 0.4) is 0 Å². The molecule has 24 heavy (non-hydrogen) atoms. The Kier molecular flexibility index (Phi) is 10.2. The highest BCUT2D eigenvalue weighted by Crippen LogP contribution is 2.15. The Labute approximate surface area is 143 Å². The third-order valence-corrected chi connectivity index (χ3v) is 3.81. The van der Waals surface area contributed by atoms with Gasteiger partial charge in [-0.25, -0.2) is 4.79 Å². The highest BCUT2D eigenvalue weighted by Gasteiger charge is 2.06. The van der Waals surface area contributed by atoms with Gasteiger partial charge in [0.2, 0.25) is 0 Å². The van der Waals surface area contributed by atoms with Crippen molar-refractivity contribution in [3.63, 3.8) is 0 Å². The number of ether oxygens (including phenoxy) is 1. The van der Waals surface area contributed by atoms with Gasteiger partial charge >= 0.3 is 6.09 Å². The van der Waals surface area contributed by atoms with Crippen molar-refractivity contribution < 1.29 is 14.5 Å². The number of nitro groups is 1. The first-order valence-corrected chi connectivity index (χ1v) is 8.81. The maximum atomic E-state index is 11.6. The molecule has 0 fully saturated rings. The van der Waals surface area contributed by atoms with Crippen LogP contribution in [0.1, 0.15) is 64.7 Å². The lowest BCUT2D eigenvalue weighted by Gasteiger charge is -2.07. The van der Waals surface area contributed by atoms with Gasteiger partial charge in [0, 0.05) is 17.8 Å². The van der Waals surface area contributed by atoms with Gasteiger partial charge in [0.1, 0.15) is 0 Å². The summed E-state index contributed by atoms with van der Waals surface area (Å²) in [5.41, 5.74) is 0.473. The number of carbonyl (C=O) groups excluding carboxylic acids is 1. The number of nitrogens with zero attached hydrogens (tertiary/aromatic N) is 1.